The number of imidazole rings is 1. The average molecular weight is 908 g/mol. The van der Waals surface area contributed by atoms with Crippen molar-refractivity contribution < 1.29 is 28.7 Å². The minimum atomic E-state index is -0.971. The number of esters is 1. The fraction of sp³-hybridized carbons (Fsp3) is 0.167. The van der Waals surface area contributed by atoms with Crippen LogP contribution in [0.25, 0.3) is 10.9 Å². The minimum Gasteiger partial charge on any atom is -0.497 e. The number of oxime groups is 1. The van der Waals surface area contributed by atoms with Crippen molar-refractivity contribution >= 4 is 74.0 Å². The molecule has 2 aliphatic heterocycles. The van der Waals surface area contributed by atoms with Crippen LogP contribution in [0, 0.1) is 6.92 Å². The zero-order chi connectivity index (χ0) is 44.2. The second-order valence-corrected chi connectivity index (χ2v) is 17.8. The molecule has 7 aromatic rings. The van der Waals surface area contributed by atoms with Crippen molar-refractivity contribution in [2.24, 2.45) is 5.16 Å². The van der Waals surface area contributed by atoms with Crippen LogP contribution in [-0.4, -0.2) is 74.2 Å². The summed E-state index contributed by atoms with van der Waals surface area (Å²) in [7, 11) is 2.92. The highest BCUT2D eigenvalue weighted by Crippen LogP contribution is 2.43. The first-order valence-corrected chi connectivity index (χ1v) is 22.9. The maximum Gasteiger partial charge on any atom is 0.355 e. The molecule has 0 unspecified atom stereocenters. The van der Waals surface area contributed by atoms with E-state index in [1.807, 2.05) is 90.2 Å². The van der Waals surface area contributed by atoms with E-state index in [0.717, 1.165) is 37.7 Å². The van der Waals surface area contributed by atoms with Crippen LogP contribution in [0.3, 0.4) is 0 Å². The number of nitrogens with one attached hydrogen (secondary N) is 2. The van der Waals surface area contributed by atoms with E-state index >= 15 is 0 Å². The third kappa shape index (κ3) is 8.06. The Balaban J connectivity index is 0.971. The molecule has 4 aromatic carbocycles. The van der Waals surface area contributed by atoms with Crippen LogP contribution in [0.2, 0.25) is 0 Å². The van der Waals surface area contributed by atoms with Crippen LogP contribution in [-0.2, 0) is 36.1 Å². The summed E-state index contributed by atoms with van der Waals surface area (Å²) in [5.74, 6) is -0.719. The lowest BCUT2D eigenvalue weighted by atomic mass is 9.77. The predicted octanol–water partition coefficient (Wildman–Crippen LogP) is 8.03. The second-order valence-electron chi connectivity index (χ2n) is 14.8. The van der Waals surface area contributed by atoms with Gasteiger partial charge in [0.1, 0.15) is 59.0 Å². The van der Waals surface area contributed by atoms with E-state index in [1.54, 1.807) is 48.5 Å². The lowest BCUT2D eigenvalue weighted by Gasteiger charge is -2.49. The number of carbonyl (C=O) groups excluding carboxylic acids is 3. The van der Waals surface area contributed by atoms with Crippen LogP contribution in [0.15, 0.2) is 156 Å². The molecule has 16 heteroatoms. The molecule has 0 bridgehead atoms. The number of benzene rings is 4. The molecular formula is C48H41N7O6S3. The molecule has 322 valence electrons. The number of anilines is 1. The van der Waals surface area contributed by atoms with Gasteiger partial charge < -0.3 is 24.9 Å². The molecular weight excluding hydrogens is 867 g/mol. The number of hydrogen-bond acceptors (Lipinski definition) is 13. The maximum atomic E-state index is 14.2. The van der Waals surface area contributed by atoms with Gasteiger partial charge in [0.2, 0.25) is 0 Å². The lowest BCUT2D eigenvalue weighted by molar-refractivity contribution is -0.153. The monoisotopic (exact) mass is 907 g/mol. The van der Waals surface area contributed by atoms with E-state index in [1.165, 1.54) is 35.1 Å². The summed E-state index contributed by atoms with van der Waals surface area (Å²) in [5.41, 5.74) is 4.75. The number of β-lactam (4-membered cyclic amide) rings is 1. The largest absolute Gasteiger partial charge is 0.497 e. The number of aryl methyl sites for hydroxylation is 1. The molecule has 9 rings (SSSR count). The summed E-state index contributed by atoms with van der Waals surface area (Å²) in [6.07, 6.45) is 7.36. The molecule has 5 heterocycles. The summed E-state index contributed by atoms with van der Waals surface area (Å²) in [6, 6.07) is 36.6. The summed E-state index contributed by atoms with van der Waals surface area (Å²) < 4.78 is 13.1. The van der Waals surface area contributed by atoms with Crippen molar-refractivity contribution in [2.75, 3.05) is 25.3 Å². The molecule has 1 saturated heterocycles. The predicted molar refractivity (Wildman–Crippen MR) is 250 cm³/mol. The van der Waals surface area contributed by atoms with Crippen LogP contribution in [0.5, 0.6) is 5.75 Å². The fourth-order valence-corrected chi connectivity index (χ4v) is 10.9. The van der Waals surface area contributed by atoms with Crippen molar-refractivity contribution in [1.29, 1.82) is 0 Å². The molecule has 2 N–H and O–H groups in total. The molecule has 0 saturated carbocycles. The summed E-state index contributed by atoms with van der Waals surface area (Å²) in [4.78, 5) is 60.0. The Bertz CT molecular complexity index is 2810. The van der Waals surface area contributed by atoms with Crippen molar-refractivity contribution in [2.45, 2.75) is 30.5 Å². The third-order valence-electron chi connectivity index (χ3n) is 11.0. The number of methoxy groups -OCH3 is 1. The van der Waals surface area contributed by atoms with Crippen molar-refractivity contribution in [3.63, 3.8) is 0 Å². The number of rotatable bonds is 15. The highest BCUT2D eigenvalue weighted by Gasteiger charge is 2.54. The minimum absolute atomic E-state index is 0.0175. The molecule has 2 aliphatic rings. The topological polar surface area (TPSA) is 149 Å². The van der Waals surface area contributed by atoms with E-state index in [0.29, 0.717) is 22.2 Å². The number of allylic oxidation sites excluding steroid dienone is 1. The van der Waals surface area contributed by atoms with Gasteiger partial charge in [-0.25, -0.2) is 14.8 Å². The van der Waals surface area contributed by atoms with Crippen LogP contribution in [0.1, 0.15) is 38.5 Å². The van der Waals surface area contributed by atoms with Crippen LogP contribution in [0.4, 0.5) is 5.13 Å². The maximum absolute atomic E-state index is 14.2. The Morgan fingerprint density at radius 3 is 2.17 bits per heavy atom. The Morgan fingerprint density at radius 2 is 1.56 bits per heavy atom. The molecule has 0 aliphatic carbocycles. The molecule has 2 atom stereocenters. The highest BCUT2D eigenvalue weighted by atomic mass is 32.2. The zero-order valence-electron chi connectivity index (χ0n) is 34.8. The highest BCUT2D eigenvalue weighted by molar-refractivity contribution is 8.00. The molecule has 0 radical (unpaired) electrons. The summed E-state index contributed by atoms with van der Waals surface area (Å²) in [5, 5.41) is 12.4. The zero-order valence-corrected chi connectivity index (χ0v) is 37.3. The van der Waals surface area contributed by atoms with Gasteiger partial charge in [-0.05, 0) is 53.0 Å². The van der Waals surface area contributed by atoms with E-state index in [9.17, 15) is 14.4 Å². The molecule has 64 heavy (non-hydrogen) atoms. The van der Waals surface area contributed by atoms with Gasteiger partial charge in [-0.3, -0.25) is 18.9 Å². The number of aromatic nitrogens is 3. The first-order valence-electron chi connectivity index (χ1n) is 20.2. The van der Waals surface area contributed by atoms with E-state index in [2.05, 4.69) is 57.2 Å². The number of hydrogen-bond donors (Lipinski definition) is 2. The number of carbonyl (C=O) groups is 3. The van der Waals surface area contributed by atoms with E-state index in [4.69, 9.17) is 19.3 Å². The van der Waals surface area contributed by atoms with Crippen LogP contribution >= 0.6 is 34.4 Å². The molecule has 2 amide bonds. The van der Waals surface area contributed by atoms with Gasteiger partial charge in [-0.2, -0.15) is 0 Å². The van der Waals surface area contributed by atoms with E-state index in [-0.39, 0.29) is 23.7 Å². The molecule has 0 spiro atoms. The summed E-state index contributed by atoms with van der Waals surface area (Å²) >= 11 is 4.32. The van der Waals surface area contributed by atoms with Gasteiger partial charge in [0, 0.05) is 21.7 Å². The van der Waals surface area contributed by atoms with Crippen molar-refractivity contribution in [3.8, 4) is 5.75 Å². The quantitative estimate of drug-likeness (QED) is 0.0341. The number of ether oxygens (including phenoxy) is 2. The van der Waals surface area contributed by atoms with Crippen molar-refractivity contribution in [1.82, 2.24) is 24.6 Å². The standard InChI is InChI=1S/C48H41N7O6S3/c1-30-38(64-39-25-49-29-54(30)39)24-21-32-27-62-45-41(44(57)55(45)42(32)46(58)61-26-31-19-22-36(59-2)23-20-31)51-43(56)40(53-60-3)37-28-63-47(50-37)52-48(33-13-7-4-8-14-33,34-15-9-5-10-16-34)35-17-11-6-12-18-35/h4-25,28-29,41,45H,26-27H2,1-3H3,(H,50,52)(H,51,56)/t41-,45-/m1/s1. The van der Waals surface area contributed by atoms with Gasteiger partial charge in [0.15, 0.2) is 10.8 Å². The Morgan fingerprint density at radius 1 is 0.906 bits per heavy atom. The number of nitrogens with zero attached hydrogens (tertiary/aromatic N) is 5. The first-order chi connectivity index (χ1) is 31.3. The number of thioether (sulfide) groups is 1. The summed E-state index contributed by atoms with van der Waals surface area (Å²) in [6.45, 7) is 1.98. The van der Waals surface area contributed by atoms with Crippen molar-refractivity contribution in [3.05, 3.63) is 189 Å². The fourth-order valence-electron chi connectivity index (χ4n) is 7.83. The second kappa shape index (κ2) is 18.4. The smallest absolute Gasteiger partial charge is 0.355 e. The molecule has 3 aromatic heterocycles. The Hall–Kier alpha value is -7.01. The third-order valence-corrected chi connectivity index (χ3v) is 14.3. The van der Waals surface area contributed by atoms with Gasteiger partial charge in [0.25, 0.3) is 11.8 Å². The number of fused-ring (bicyclic) bond motifs is 2. The van der Waals surface area contributed by atoms with Gasteiger partial charge in [-0.15, -0.1) is 34.4 Å². The molecule has 1 fully saturated rings. The number of amides is 2. The average Bonchev–Trinajstić information content (AvgIpc) is 4.08. The normalized spacial score (nSPS) is 16.4. The van der Waals surface area contributed by atoms with Crippen LogP contribution < -0.4 is 15.4 Å². The Kier molecular flexibility index (Phi) is 12.1. The Labute approximate surface area is 381 Å². The van der Waals surface area contributed by atoms with E-state index < -0.39 is 34.7 Å². The van der Waals surface area contributed by atoms with Gasteiger partial charge in [-0.1, -0.05) is 114 Å². The van der Waals surface area contributed by atoms with Gasteiger partial charge in [0.05, 0.1) is 13.3 Å². The van der Waals surface area contributed by atoms with Gasteiger partial charge >= 0.3 is 5.97 Å². The number of thiazole rings is 2. The first kappa shape index (κ1) is 42.3. The molecule has 13 nitrogen and oxygen atoms in total. The lowest BCUT2D eigenvalue weighted by Crippen LogP contribution is -2.71. The SMILES string of the molecule is CON=C(C(=O)N[C@@H]1C(=O)N2C(C(=O)OCc3ccc(OC)cc3)=C(C=Cc3sc4cncn4c3C)CS[C@H]12)c1csc(NC(c2ccccc2)(c2ccccc2)c2ccccc2)n1.